The number of para-hydroxylation sites is 2. The van der Waals surface area contributed by atoms with Crippen LogP contribution < -0.4 is 10.4 Å². The summed E-state index contributed by atoms with van der Waals surface area (Å²) in [6, 6.07) is 21.0. The summed E-state index contributed by atoms with van der Waals surface area (Å²) in [7, 11) is 1.48. The first kappa shape index (κ1) is 25.3. The number of Topliss-reactive ketones (excluding diaryl/α,β-unsaturated/α-hetero) is 1. The molecule has 0 amide bonds. The minimum atomic E-state index is -0.368. The molecule has 0 spiro atoms. The lowest BCUT2D eigenvalue weighted by Gasteiger charge is -2.22. The predicted molar refractivity (Wildman–Crippen MR) is 139 cm³/mol. The Morgan fingerprint density at radius 3 is 2.15 bits per heavy atom. The number of carbonyl (C=O) groups excluding carboxylic acids is 1. The number of fused-ring (bicyclic) bond motifs is 1. The molecule has 0 saturated carbocycles. The SMILES string of the molecule is Br.COc1cc(C(=O)Cn2c(=N)n(Cc3ccccc3)c3ccccc32)cc(C(C)(C)C)c1O. The van der Waals surface area contributed by atoms with Gasteiger partial charge in [0.1, 0.15) is 0 Å². The van der Waals surface area contributed by atoms with Crippen molar-refractivity contribution in [3.63, 3.8) is 0 Å². The fourth-order valence-electron chi connectivity index (χ4n) is 4.11. The molecule has 0 atom stereocenters. The van der Waals surface area contributed by atoms with Gasteiger partial charge in [-0.1, -0.05) is 63.2 Å². The molecule has 1 heterocycles. The molecule has 0 radical (unpaired) electrons. The minimum Gasteiger partial charge on any atom is -0.504 e. The average molecular weight is 524 g/mol. The number of phenols is 1. The molecule has 3 aromatic carbocycles. The molecule has 0 aliphatic carbocycles. The van der Waals surface area contributed by atoms with Gasteiger partial charge in [0, 0.05) is 11.1 Å². The highest BCUT2D eigenvalue weighted by Crippen LogP contribution is 2.38. The second kappa shape index (κ2) is 9.89. The van der Waals surface area contributed by atoms with E-state index in [-0.39, 0.29) is 51.8 Å². The van der Waals surface area contributed by atoms with E-state index in [1.165, 1.54) is 7.11 Å². The van der Waals surface area contributed by atoms with Crippen LogP contribution in [0.1, 0.15) is 42.3 Å². The van der Waals surface area contributed by atoms with Crippen molar-refractivity contribution < 1.29 is 14.6 Å². The highest BCUT2D eigenvalue weighted by Gasteiger charge is 2.24. The molecule has 4 aromatic rings. The van der Waals surface area contributed by atoms with Crippen LogP contribution in [0, 0.1) is 5.41 Å². The molecular formula is C27H30BrN3O3. The van der Waals surface area contributed by atoms with Crippen LogP contribution in [0.5, 0.6) is 11.5 Å². The first-order valence-corrected chi connectivity index (χ1v) is 10.9. The third-order valence-electron chi connectivity index (χ3n) is 5.88. The normalized spacial score (nSPS) is 11.3. The number of carbonyl (C=O) groups is 1. The molecule has 4 rings (SSSR count). The zero-order valence-electron chi connectivity index (χ0n) is 19.8. The average Bonchev–Trinajstić information content (AvgIpc) is 3.05. The Kier molecular flexibility index (Phi) is 7.36. The number of ether oxygens (including phenoxy) is 1. The van der Waals surface area contributed by atoms with E-state index in [2.05, 4.69) is 0 Å². The van der Waals surface area contributed by atoms with Crippen molar-refractivity contribution in [1.29, 1.82) is 5.41 Å². The van der Waals surface area contributed by atoms with Crippen LogP contribution in [0.4, 0.5) is 0 Å². The van der Waals surface area contributed by atoms with Gasteiger partial charge in [-0.25, -0.2) is 0 Å². The van der Waals surface area contributed by atoms with Crippen LogP contribution in [-0.4, -0.2) is 27.1 Å². The van der Waals surface area contributed by atoms with Crippen molar-refractivity contribution in [2.75, 3.05) is 7.11 Å². The van der Waals surface area contributed by atoms with E-state index in [0.29, 0.717) is 17.7 Å². The summed E-state index contributed by atoms with van der Waals surface area (Å²) in [5.74, 6) is 0.170. The third-order valence-corrected chi connectivity index (χ3v) is 5.88. The van der Waals surface area contributed by atoms with Crippen LogP contribution in [0.3, 0.4) is 0 Å². The van der Waals surface area contributed by atoms with E-state index in [1.54, 1.807) is 16.7 Å². The maximum Gasteiger partial charge on any atom is 0.203 e. The first-order valence-electron chi connectivity index (χ1n) is 10.9. The van der Waals surface area contributed by atoms with Gasteiger partial charge in [-0.2, -0.15) is 0 Å². The van der Waals surface area contributed by atoms with Gasteiger partial charge >= 0.3 is 0 Å². The van der Waals surface area contributed by atoms with E-state index >= 15 is 0 Å². The molecule has 0 aliphatic heterocycles. The number of phenolic OH excluding ortho intramolecular Hbond substituents is 1. The second-order valence-corrected chi connectivity index (χ2v) is 9.22. The van der Waals surface area contributed by atoms with Crippen molar-refractivity contribution in [3.05, 3.63) is 89.0 Å². The van der Waals surface area contributed by atoms with Crippen molar-refractivity contribution in [1.82, 2.24) is 9.13 Å². The van der Waals surface area contributed by atoms with Crippen LogP contribution >= 0.6 is 17.0 Å². The monoisotopic (exact) mass is 523 g/mol. The quantitative estimate of drug-likeness (QED) is 0.330. The molecule has 0 unspecified atom stereocenters. The molecule has 0 aliphatic rings. The van der Waals surface area contributed by atoms with Gasteiger partial charge in [-0.05, 0) is 35.2 Å². The number of rotatable bonds is 6. The number of methoxy groups -OCH3 is 1. The summed E-state index contributed by atoms with van der Waals surface area (Å²) in [5, 5.41) is 19.4. The number of nitrogens with one attached hydrogen (secondary N) is 1. The number of ketones is 1. The number of imidazole rings is 1. The molecule has 178 valence electrons. The molecule has 1 aromatic heterocycles. The lowest BCUT2D eigenvalue weighted by molar-refractivity contribution is 0.0971. The molecule has 6 nitrogen and oxygen atoms in total. The highest BCUT2D eigenvalue weighted by atomic mass is 79.9. The van der Waals surface area contributed by atoms with Gasteiger partial charge in [0.2, 0.25) is 5.62 Å². The third kappa shape index (κ3) is 4.80. The standard InChI is InChI=1S/C27H29N3O3.BrH/c1-27(2,3)20-14-19(15-24(33-4)25(20)32)23(31)17-30-22-13-9-8-12-21(22)29(26(30)28)16-18-10-6-5-7-11-18;/h5-15,28,32H,16-17H2,1-4H3;1H. The smallest absolute Gasteiger partial charge is 0.203 e. The van der Waals surface area contributed by atoms with Crippen LogP contribution in [0.15, 0.2) is 66.7 Å². The Balaban J connectivity index is 0.00000324. The Morgan fingerprint density at radius 2 is 1.56 bits per heavy atom. The number of aromatic nitrogens is 2. The van der Waals surface area contributed by atoms with Crippen molar-refractivity contribution in [3.8, 4) is 11.5 Å². The maximum atomic E-state index is 13.4. The van der Waals surface area contributed by atoms with Gasteiger partial charge in [0.15, 0.2) is 17.3 Å². The number of benzene rings is 3. The number of aromatic hydroxyl groups is 1. The van der Waals surface area contributed by atoms with Crippen LogP contribution in [-0.2, 0) is 18.5 Å². The number of halogens is 1. The minimum absolute atomic E-state index is 0. The maximum absolute atomic E-state index is 13.4. The summed E-state index contributed by atoms with van der Waals surface area (Å²) in [5.41, 5.74) is 3.80. The van der Waals surface area contributed by atoms with Gasteiger partial charge in [0.25, 0.3) is 0 Å². The summed E-state index contributed by atoms with van der Waals surface area (Å²) in [4.78, 5) is 13.4. The number of nitrogens with zero attached hydrogens (tertiary/aromatic N) is 2. The summed E-state index contributed by atoms with van der Waals surface area (Å²) < 4.78 is 8.98. The predicted octanol–water partition coefficient (Wildman–Crippen LogP) is 5.44. The molecule has 2 N–H and O–H groups in total. The van der Waals surface area contributed by atoms with Crippen molar-refractivity contribution in [2.45, 2.75) is 39.3 Å². The fourth-order valence-corrected chi connectivity index (χ4v) is 4.11. The molecular weight excluding hydrogens is 494 g/mol. The van der Waals surface area contributed by atoms with Gasteiger partial charge in [-0.15, -0.1) is 17.0 Å². The molecule has 0 fully saturated rings. The first-order chi connectivity index (χ1) is 15.7. The van der Waals surface area contributed by atoms with Gasteiger partial charge < -0.3 is 19.0 Å². The van der Waals surface area contributed by atoms with Crippen molar-refractivity contribution in [2.24, 2.45) is 0 Å². The molecule has 0 saturated heterocycles. The van der Waals surface area contributed by atoms with E-state index < -0.39 is 0 Å². The summed E-state index contributed by atoms with van der Waals surface area (Å²) in [6.07, 6.45) is 0. The van der Waals surface area contributed by atoms with Gasteiger partial charge in [0.05, 0.1) is 31.2 Å². The lowest BCUT2D eigenvalue weighted by Crippen LogP contribution is -2.28. The van der Waals surface area contributed by atoms with E-state index in [1.807, 2.05) is 79.9 Å². The number of hydrogen-bond donors (Lipinski definition) is 2. The fraction of sp³-hybridized carbons (Fsp3) is 0.259. The molecule has 7 heteroatoms. The number of hydrogen-bond acceptors (Lipinski definition) is 4. The zero-order valence-corrected chi connectivity index (χ0v) is 21.5. The van der Waals surface area contributed by atoms with Crippen molar-refractivity contribution >= 4 is 33.8 Å². The van der Waals surface area contributed by atoms with E-state index in [4.69, 9.17) is 10.1 Å². The second-order valence-electron chi connectivity index (χ2n) is 9.22. The van der Waals surface area contributed by atoms with Crippen LogP contribution in [0.2, 0.25) is 0 Å². The van der Waals surface area contributed by atoms with E-state index in [9.17, 15) is 9.90 Å². The zero-order chi connectivity index (χ0) is 23.8. The highest BCUT2D eigenvalue weighted by molar-refractivity contribution is 8.93. The largest absolute Gasteiger partial charge is 0.504 e. The summed E-state index contributed by atoms with van der Waals surface area (Å²) >= 11 is 0. The Bertz CT molecular complexity index is 1380. The van der Waals surface area contributed by atoms with Crippen LogP contribution in [0.25, 0.3) is 11.0 Å². The summed E-state index contributed by atoms with van der Waals surface area (Å²) in [6.45, 7) is 6.48. The topological polar surface area (TPSA) is 80.2 Å². The Morgan fingerprint density at radius 1 is 0.971 bits per heavy atom. The lowest BCUT2D eigenvalue weighted by atomic mass is 9.84. The molecule has 34 heavy (non-hydrogen) atoms. The van der Waals surface area contributed by atoms with E-state index in [0.717, 1.165) is 16.6 Å². The van der Waals surface area contributed by atoms with Gasteiger partial charge in [-0.3, -0.25) is 10.2 Å². The Hall–Kier alpha value is -3.32. The molecule has 0 bridgehead atoms. The Labute approximate surface area is 209 Å².